The van der Waals surface area contributed by atoms with Crippen LogP contribution < -0.4 is 10.1 Å². The highest BCUT2D eigenvalue weighted by Crippen LogP contribution is 2.17. The van der Waals surface area contributed by atoms with E-state index in [0.717, 1.165) is 22.7 Å². The number of carbonyl (C=O) groups is 2. The van der Waals surface area contributed by atoms with Crippen LogP contribution in [0.5, 0.6) is 5.75 Å². The minimum absolute atomic E-state index is 0.0162. The van der Waals surface area contributed by atoms with Crippen LogP contribution in [0.15, 0.2) is 53.9 Å². The van der Waals surface area contributed by atoms with Crippen molar-refractivity contribution in [3.8, 4) is 5.75 Å². The van der Waals surface area contributed by atoms with Gasteiger partial charge in [-0.15, -0.1) is 11.3 Å². The second-order valence-electron chi connectivity index (χ2n) is 7.56. The molecule has 0 bridgehead atoms. The van der Waals surface area contributed by atoms with Crippen LogP contribution >= 0.6 is 11.3 Å². The topological polar surface area (TPSA) is 77.5 Å². The average Bonchev–Trinajstić information content (AvgIpc) is 3.24. The van der Waals surface area contributed by atoms with E-state index in [4.69, 9.17) is 9.47 Å². The molecule has 32 heavy (non-hydrogen) atoms. The van der Waals surface area contributed by atoms with Crippen LogP contribution in [0.25, 0.3) is 0 Å². The smallest absolute Gasteiger partial charge is 0.312 e. The Bertz CT molecular complexity index is 1030. The molecule has 2 aromatic carbocycles. The van der Waals surface area contributed by atoms with Crippen molar-refractivity contribution in [2.45, 2.75) is 46.3 Å². The van der Waals surface area contributed by atoms with Crippen LogP contribution in [0.3, 0.4) is 0 Å². The molecule has 0 aliphatic rings. The molecule has 1 atom stereocenters. The number of aromatic nitrogens is 1. The first-order valence-electron chi connectivity index (χ1n) is 10.6. The molecule has 3 rings (SSSR count). The predicted molar refractivity (Wildman–Crippen MR) is 125 cm³/mol. The number of hydrogen-bond acceptors (Lipinski definition) is 6. The minimum Gasteiger partial charge on any atom is -0.486 e. The van der Waals surface area contributed by atoms with Gasteiger partial charge in [0.25, 0.3) is 5.91 Å². The first-order valence-corrected chi connectivity index (χ1v) is 11.5. The van der Waals surface area contributed by atoms with E-state index in [1.54, 1.807) is 5.38 Å². The Labute approximate surface area is 192 Å². The number of hydrogen-bond donors (Lipinski definition) is 1. The van der Waals surface area contributed by atoms with Gasteiger partial charge in [-0.2, -0.15) is 0 Å². The fourth-order valence-electron chi connectivity index (χ4n) is 3.03. The van der Waals surface area contributed by atoms with Crippen LogP contribution in [0.4, 0.5) is 0 Å². The lowest BCUT2D eigenvalue weighted by Gasteiger charge is -2.14. The monoisotopic (exact) mass is 452 g/mol. The molecule has 1 unspecified atom stereocenters. The SMILES string of the molecule is CCc1ccc(C(C)NC(=O)COC(=O)Cc2csc(COc3ccc(C)cc3)n2)cc1. The van der Waals surface area contributed by atoms with E-state index in [1.165, 1.54) is 22.5 Å². The molecular formula is C25H28N2O4S. The highest BCUT2D eigenvalue weighted by molar-refractivity contribution is 7.09. The minimum atomic E-state index is -0.489. The number of ether oxygens (including phenoxy) is 2. The van der Waals surface area contributed by atoms with Gasteiger partial charge in [0.1, 0.15) is 17.4 Å². The maximum absolute atomic E-state index is 12.1. The summed E-state index contributed by atoms with van der Waals surface area (Å²) in [5.74, 6) is -0.0550. The van der Waals surface area contributed by atoms with Crippen molar-refractivity contribution in [3.63, 3.8) is 0 Å². The molecule has 0 fully saturated rings. The Morgan fingerprint density at radius 3 is 2.50 bits per heavy atom. The second kappa shape index (κ2) is 11.4. The fraction of sp³-hybridized carbons (Fsp3) is 0.320. The van der Waals surface area contributed by atoms with Crippen molar-refractivity contribution in [3.05, 3.63) is 81.3 Å². The zero-order chi connectivity index (χ0) is 22.9. The van der Waals surface area contributed by atoms with E-state index in [0.29, 0.717) is 12.3 Å². The summed E-state index contributed by atoms with van der Waals surface area (Å²) >= 11 is 1.42. The third-order valence-electron chi connectivity index (χ3n) is 4.94. The summed E-state index contributed by atoms with van der Waals surface area (Å²) in [6.45, 7) is 6.04. The van der Waals surface area contributed by atoms with Crippen molar-refractivity contribution in [1.29, 1.82) is 0 Å². The van der Waals surface area contributed by atoms with Gasteiger partial charge in [-0.3, -0.25) is 9.59 Å². The molecule has 0 aliphatic carbocycles. The van der Waals surface area contributed by atoms with E-state index in [1.807, 2.05) is 62.4 Å². The molecule has 0 saturated heterocycles. The van der Waals surface area contributed by atoms with Gasteiger partial charge in [0.2, 0.25) is 0 Å². The van der Waals surface area contributed by atoms with Crippen molar-refractivity contribution >= 4 is 23.2 Å². The van der Waals surface area contributed by atoms with Crippen LogP contribution in [0.2, 0.25) is 0 Å². The van der Waals surface area contributed by atoms with Crippen molar-refractivity contribution in [2.24, 2.45) is 0 Å². The number of carbonyl (C=O) groups excluding carboxylic acids is 2. The maximum Gasteiger partial charge on any atom is 0.312 e. The van der Waals surface area contributed by atoms with Gasteiger partial charge < -0.3 is 14.8 Å². The third-order valence-corrected chi connectivity index (χ3v) is 5.81. The van der Waals surface area contributed by atoms with E-state index >= 15 is 0 Å². The number of nitrogens with one attached hydrogen (secondary N) is 1. The molecule has 1 N–H and O–H groups in total. The van der Waals surface area contributed by atoms with Crippen LogP contribution in [-0.4, -0.2) is 23.5 Å². The number of thiazole rings is 1. The van der Waals surface area contributed by atoms with E-state index in [-0.39, 0.29) is 25.0 Å². The first kappa shape index (κ1) is 23.5. The number of aryl methyl sites for hydroxylation is 2. The lowest BCUT2D eigenvalue weighted by molar-refractivity contribution is -0.148. The molecule has 0 aliphatic heterocycles. The largest absolute Gasteiger partial charge is 0.486 e. The van der Waals surface area contributed by atoms with Gasteiger partial charge >= 0.3 is 5.97 Å². The van der Waals surface area contributed by atoms with Crippen molar-refractivity contribution in [1.82, 2.24) is 10.3 Å². The number of nitrogens with zero attached hydrogens (tertiary/aromatic N) is 1. The lowest BCUT2D eigenvalue weighted by atomic mass is 10.1. The zero-order valence-corrected chi connectivity index (χ0v) is 19.4. The first-order chi connectivity index (χ1) is 15.4. The number of benzene rings is 2. The summed E-state index contributed by atoms with van der Waals surface area (Å²) in [5.41, 5.74) is 4.02. The Hall–Kier alpha value is -3.19. The molecule has 0 saturated carbocycles. The van der Waals surface area contributed by atoms with Crippen LogP contribution in [0.1, 0.15) is 47.3 Å². The second-order valence-corrected chi connectivity index (χ2v) is 8.50. The standard InChI is InChI=1S/C25H28N2O4S/c1-4-19-7-9-20(10-8-19)18(3)26-23(28)14-31-25(29)13-21-16-32-24(27-21)15-30-22-11-5-17(2)6-12-22/h5-12,16,18H,4,13-15H2,1-3H3,(H,26,28). The molecule has 0 spiro atoms. The maximum atomic E-state index is 12.1. The number of esters is 1. The Morgan fingerprint density at radius 1 is 1.09 bits per heavy atom. The van der Waals surface area contributed by atoms with Gasteiger partial charge in [0.05, 0.1) is 18.2 Å². The van der Waals surface area contributed by atoms with Gasteiger partial charge in [0.15, 0.2) is 6.61 Å². The Morgan fingerprint density at radius 2 is 1.81 bits per heavy atom. The molecule has 6 nitrogen and oxygen atoms in total. The van der Waals surface area contributed by atoms with Crippen molar-refractivity contribution < 1.29 is 19.1 Å². The molecule has 0 radical (unpaired) electrons. The van der Waals surface area contributed by atoms with E-state index in [2.05, 4.69) is 17.2 Å². The summed E-state index contributed by atoms with van der Waals surface area (Å²) < 4.78 is 10.8. The Kier molecular flexibility index (Phi) is 8.39. The molecule has 7 heteroatoms. The normalized spacial score (nSPS) is 11.6. The van der Waals surface area contributed by atoms with Crippen LogP contribution in [-0.2, 0) is 33.8 Å². The van der Waals surface area contributed by atoms with E-state index < -0.39 is 5.97 Å². The van der Waals surface area contributed by atoms with Crippen molar-refractivity contribution in [2.75, 3.05) is 6.61 Å². The van der Waals surface area contributed by atoms with Gasteiger partial charge in [-0.25, -0.2) is 4.98 Å². The lowest BCUT2D eigenvalue weighted by Crippen LogP contribution is -2.31. The molecule has 168 valence electrons. The average molecular weight is 453 g/mol. The summed E-state index contributed by atoms with van der Waals surface area (Å²) in [6.07, 6.45) is 0.986. The van der Waals surface area contributed by atoms with Gasteiger partial charge in [-0.05, 0) is 43.5 Å². The summed E-state index contributed by atoms with van der Waals surface area (Å²) in [5, 5.41) is 5.42. The fourth-order valence-corrected chi connectivity index (χ4v) is 3.73. The van der Waals surface area contributed by atoms with Crippen LogP contribution in [0, 0.1) is 6.92 Å². The number of rotatable bonds is 10. The van der Waals surface area contributed by atoms with Gasteiger partial charge in [0, 0.05) is 5.38 Å². The molecule has 1 aromatic heterocycles. The molecular weight excluding hydrogens is 424 g/mol. The molecule has 1 heterocycles. The quantitative estimate of drug-likeness (QED) is 0.457. The van der Waals surface area contributed by atoms with E-state index in [9.17, 15) is 9.59 Å². The summed E-state index contributed by atoms with van der Waals surface area (Å²) in [7, 11) is 0. The summed E-state index contributed by atoms with van der Waals surface area (Å²) in [4.78, 5) is 28.6. The van der Waals surface area contributed by atoms with Gasteiger partial charge in [-0.1, -0.05) is 48.9 Å². The molecule has 3 aromatic rings. The zero-order valence-electron chi connectivity index (χ0n) is 18.6. The predicted octanol–water partition coefficient (Wildman–Crippen LogP) is 4.56. The molecule has 1 amide bonds. The highest BCUT2D eigenvalue weighted by atomic mass is 32.1. The third kappa shape index (κ3) is 7.20. The number of amides is 1. The highest BCUT2D eigenvalue weighted by Gasteiger charge is 2.14. The summed E-state index contributed by atoms with van der Waals surface area (Å²) in [6, 6.07) is 15.7. The Balaban J connectivity index is 1.39.